The molecule has 0 aliphatic carbocycles. The Labute approximate surface area is 254 Å². The van der Waals surface area contributed by atoms with Gasteiger partial charge in [-0.1, -0.05) is 0 Å². The number of rotatable bonds is 12. The maximum atomic E-state index is 13.4. The zero-order valence-corrected chi connectivity index (χ0v) is 24.2. The molecular weight excluding hydrogens is 601 g/mol. The van der Waals surface area contributed by atoms with Crippen molar-refractivity contribution in [1.82, 2.24) is 0 Å². The standard InChI is InChI=1S/C30H26FNO13/c1-15(33)42-21-11-5-17(13-23(21)40-3)29(38)44-25(27(35)32-20-9-7-19(31)8-10-20)26(28(36)37)45-30(39)18-6-12-22(43-16(2)34)24(14-18)41-4/h5-14,25-26H,1-4H3,(H,32,35)(H,36,37)/t25-,26-/m0/s1. The molecule has 3 rings (SSSR count). The predicted molar refractivity (Wildman–Crippen MR) is 150 cm³/mol. The average molecular weight is 628 g/mol. The first-order valence-electron chi connectivity index (χ1n) is 12.8. The molecule has 236 valence electrons. The highest BCUT2D eigenvalue weighted by Gasteiger charge is 2.41. The Hall–Kier alpha value is -5.99. The van der Waals surface area contributed by atoms with Crippen molar-refractivity contribution < 1.29 is 66.7 Å². The monoisotopic (exact) mass is 627 g/mol. The first-order valence-corrected chi connectivity index (χ1v) is 12.8. The minimum Gasteiger partial charge on any atom is -0.493 e. The number of hydrogen-bond donors (Lipinski definition) is 2. The van der Waals surface area contributed by atoms with Crippen LogP contribution in [0, 0.1) is 5.82 Å². The lowest BCUT2D eigenvalue weighted by molar-refractivity contribution is -0.157. The molecule has 0 heterocycles. The third-order valence-corrected chi connectivity index (χ3v) is 5.66. The summed E-state index contributed by atoms with van der Waals surface area (Å²) in [4.78, 5) is 74.5. The molecule has 14 nitrogen and oxygen atoms in total. The summed E-state index contributed by atoms with van der Waals surface area (Å²) in [5.41, 5.74) is -0.538. The number of hydrogen-bond acceptors (Lipinski definition) is 12. The van der Waals surface area contributed by atoms with Gasteiger partial charge < -0.3 is 38.8 Å². The van der Waals surface area contributed by atoms with Gasteiger partial charge in [0.05, 0.1) is 25.3 Å². The number of carbonyl (C=O) groups is 6. The normalized spacial score (nSPS) is 11.7. The van der Waals surface area contributed by atoms with E-state index in [9.17, 15) is 38.3 Å². The van der Waals surface area contributed by atoms with Crippen LogP contribution >= 0.6 is 0 Å². The van der Waals surface area contributed by atoms with Gasteiger partial charge in [0.25, 0.3) is 5.91 Å². The van der Waals surface area contributed by atoms with Gasteiger partial charge in [0, 0.05) is 19.5 Å². The van der Waals surface area contributed by atoms with Crippen LogP contribution in [0.3, 0.4) is 0 Å². The van der Waals surface area contributed by atoms with Crippen molar-refractivity contribution >= 4 is 41.4 Å². The highest BCUT2D eigenvalue weighted by atomic mass is 19.1. The third-order valence-electron chi connectivity index (χ3n) is 5.66. The number of carbonyl (C=O) groups excluding carboxylic acids is 5. The number of amides is 1. The number of nitrogens with one attached hydrogen (secondary N) is 1. The maximum absolute atomic E-state index is 13.4. The second-order valence-corrected chi connectivity index (χ2v) is 8.90. The fourth-order valence-corrected chi connectivity index (χ4v) is 3.68. The SMILES string of the molecule is COc1cc(C(=O)O[C@H](C(=O)O)[C@H](OC(=O)c2ccc(OC(C)=O)c(OC)c2)C(=O)Nc2ccc(F)cc2)ccc1OC(C)=O. The molecule has 0 bridgehead atoms. The number of benzene rings is 3. The minimum atomic E-state index is -2.41. The van der Waals surface area contributed by atoms with E-state index in [1.165, 1.54) is 26.4 Å². The summed E-state index contributed by atoms with van der Waals surface area (Å²) in [5, 5.41) is 12.3. The fraction of sp³-hybridized carbons (Fsp3) is 0.200. The van der Waals surface area contributed by atoms with E-state index in [-0.39, 0.29) is 39.8 Å². The molecule has 0 unspecified atom stereocenters. The van der Waals surface area contributed by atoms with E-state index in [4.69, 9.17) is 28.4 Å². The molecule has 0 aliphatic rings. The summed E-state index contributed by atoms with van der Waals surface area (Å²) in [6.45, 7) is 2.28. The van der Waals surface area contributed by atoms with Gasteiger partial charge in [0.2, 0.25) is 12.2 Å². The van der Waals surface area contributed by atoms with E-state index in [1.54, 1.807) is 0 Å². The molecule has 0 saturated carbocycles. The fourth-order valence-electron chi connectivity index (χ4n) is 3.68. The Kier molecular flexibility index (Phi) is 11.1. The van der Waals surface area contributed by atoms with Gasteiger partial charge in [0.15, 0.2) is 23.0 Å². The van der Waals surface area contributed by atoms with E-state index in [1.807, 2.05) is 0 Å². The number of aliphatic carboxylic acids is 1. The highest BCUT2D eigenvalue weighted by Crippen LogP contribution is 2.30. The second-order valence-electron chi connectivity index (χ2n) is 8.90. The summed E-state index contributed by atoms with van der Waals surface area (Å²) in [5.74, 6) is -7.87. The van der Waals surface area contributed by atoms with Crippen molar-refractivity contribution in [3.8, 4) is 23.0 Å². The van der Waals surface area contributed by atoms with Gasteiger partial charge in [-0.2, -0.15) is 0 Å². The molecule has 3 aromatic rings. The van der Waals surface area contributed by atoms with Crippen molar-refractivity contribution in [2.45, 2.75) is 26.1 Å². The summed E-state index contributed by atoms with van der Waals surface area (Å²) in [6, 6.07) is 11.2. The Balaban J connectivity index is 1.96. The molecule has 45 heavy (non-hydrogen) atoms. The highest BCUT2D eigenvalue weighted by molar-refractivity contribution is 6.01. The molecule has 3 aromatic carbocycles. The van der Waals surface area contributed by atoms with E-state index in [2.05, 4.69) is 5.32 Å². The Bertz CT molecular complexity index is 1620. The van der Waals surface area contributed by atoms with E-state index in [0.717, 1.165) is 62.4 Å². The lowest BCUT2D eigenvalue weighted by atomic mass is 10.1. The van der Waals surface area contributed by atoms with Gasteiger partial charge in [-0.05, 0) is 60.7 Å². The third kappa shape index (κ3) is 9.00. The smallest absolute Gasteiger partial charge is 0.349 e. The van der Waals surface area contributed by atoms with E-state index >= 15 is 0 Å². The number of ether oxygens (including phenoxy) is 6. The van der Waals surface area contributed by atoms with Crippen molar-refractivity contribution in [3.05, 3.63) is 77.6 Å². The number of carboxylic acid groups (broad SMARTS) is 1. The molecular formula is C30H26FNO13. The van der Waals surface area contributed by atoms with E-state index in [0.29, 0.717) is 0 Å². The molecule has 15 heteroatoms. The zero-order chi connectivity index (χ0) is 33.3. The zero-order valence-electron chi connectivity index (χ0n) is 24.2. The first kappa shape index (κ1) is 33.5. The van der Waals surface area contributed by atoms with Gasteiger partial charge in [-0.15, -0.1) is 0 Å². The molecule has 0 fully saturated rings. The Morgan fingerprint density at radius 3 is 1.51 bits per heavy atom. The molecule has 0 aromatic heterocycles. The topological polar surface area (TPSA) is 190 Å². The Morgan fingerprint density at radius 1 is 0.667 bits per heavy atom. The van der Waals surface area contributed by atoms with Crippen molar-refractivity contribution in [2.24, 2.45) is 0 Å². The van der Waals surface area contributed by atoms with Crippen LogP contribution in [0.1, 0.15) is 34.6 Å². The van der Waals surface area contributed by atoms with Crippen LogP contribution in [0.2, 0.25) is 0 Å². The van der Waals surface area contributed by atoms with Crippen LogP contribution in [0.15, 0.2) is 60.7 Å². The first-order chi connectivity index (χ1) is 21.3. The molecule has 0 saturated heterocycles. The van der Waals surface area contributed by atoms with Crippen molar-refractivity contribution in [3.63, 3.8) is 0 Å². The lowest BCUT2D eigenvalue weighted by Gasteiger charge is -2.24. The van der Waals surface area contributed by atoms with E-state index < -0.39 is 53.8 Å². The van der Waals surface area contributed by atoms with Crippen molar-refractivity contribution in [2.75, 3.05) is 19.5 Å². The van der Waals surface area contributed by atoms with Crippen LogP contribution in [-0.4, -0.2) is 67.3 Å². The summed E-state index contributed by atoms with van der Waals surface area (Å²) < 4.78 is 44.0. The van der Waals surface area contributed by atoms with Gasteiger partial charge >= 0.3 is 29.8 Å². The van der Waals surface area contributed by atoms with Crippen LogP contribution in [0.4, 0.5) is 10.1 Å². The molecule has 2 N–H and O–H groups in total. The maximum Gasteiger partial charge on any atom is 0.349 e. The van der Waals surface area contributed by atoms with Crippen LogP contribution in [-0.2, 0) is 28.7 Å². The largest absolute Gasteiger partial charge is 0.493 e. The summed E-state index contributed by atoms with van der Waals surface area (Å²) in [6.07, 6.45) is -4.71. The lowest BCUT2D eigenvalue weighted by Crippen LogP contribution is -2.48. The van der Waals surface area contributed by atoms with Gasteiger partial charge in [0.1, 0.15) is 5.82 Å². The van der Waals surface area contributed by atoms with Gasteiger partial charge in [-0.3, -0.25) is 14.4 Å². The van der Waals surface area contributed by atoms with Crippen LogP contribution < -0.4 is 24.3 Å². The molecule has 0 aliphatic heterocycles. The number of esters is 4. The molecule has 2 atom stereocenters. The number of halogens is 1. The van der Waals surface area contributed by atoms with Crippen molar-refractivity contribution in [1.29, 1.82) is 0 Å². The second kappa shape index (κ2) is 15.0. The van der Waals surface area contributed by atoms with Crippen LogP contribution in [0.25, 0.3) is 0 Å². The molecule has 0 radical (unpaired) electrons. The van der Waals surface area contributed by atoms with Crippen LogP contribution in [0.5, 0.6) is 23.0 Å². The number of methoxy groups -OCH3 is 2. The summed E-state index contributed by atoms with van der Waals surface area (Å²) >= 11 is 0. The average Bonchev–Trinajstić information content (AvgIpc) is 2.99. The molecule has 0 spiro atoms. The quantitative estimate of drug-likeness (QED) is 0.220. The summed E-state index contributed by atoms with van der Waals surface area (Å²) in [7, 11) is 2.45. The number of anilines is 1. The number of carboxylic acids is 1. The van der Waals surface area contributed by atoms with Gasteiger partial charge in [-0.25, -0.2) is 18.8 Å². The molecule has 1 amide bonds. The Morgan fingerprint density at radius 2 is 1.11 bits per heavy atom. The predicted octanol–water partition coefficient (Wildman–Crippen LogP) is 3.17. The minimum absolute atomic E-state index is 0.00360.